The third kappa shape index (κ3) is 4.88. The van der Waals surface area contributed by atoms with E-state index < -0.39 is 0 Å². The Hall–Kier alpha value is -1.53. The number of nitrogens with one attached hydrogen (secondary N) is 1. The van der Waals surface area contributed by atoms with Crippen LogP contribution >= 0.6 is 0 Å². The number of methoxy groups -OCH3 is 1. The molecule has 0 heterocycles. The molecule has 3 nitrogen and oxygen atoms in total. The molecule has 0 radical (unpaired) electrons. The standard InChI is InChI=1S/C14H20N2O/c1-12(16-11-5-3-4-10-15)13-6-8-14(17-2)9-7-13/h6-9,12,16H,3-5,11H2,1-2H3. The van der Waals surface area contributed by atoms with E-state index in [0.717, 1.165) is 25.1 Å². The first-order valence-electron chi connectivity index (χ1n) is 6.02. The monoisotopic (exact) mass is 232 g/mol. The van der Waals surface area contributed by atoms with Gasteiger partial charge in [-0.05, 0) is 44.0 Å². The van der Waals surface area contributed by atoms with E-state index in [2.05, 4.69) is 30.4 Å². The van der Waals surface area contributed by atoms with E-state index in [1.54, 1.807) is 7.11 Å². The fourth-order valence-electron chi connectivity index (χ4n) is 1.66. The van der Waals surface area contributed by atoms with Crippen LogP contribution in [0.25, 0.3) is 0 Å². The van der Waals surface area contributed by atoms with Gasteiger partial charge in [0.05, 0.1) is 13.2 Å². The van der Waals surface area contributed by atoms with Crippen LogP contribution in [0.1, 0.15) is 37.8 Å². The first kappa shape index (κ1) is 13.5. The number of unbranched alkanes of at least 4 members (excludes halogenated alkanes) is 2. The molecule has 0 spiro atoms. The molecule has 0 aromatic heterocycles. The van der Waals surface area contributed by atoms with Crippen molar-refractivity contribution in [2.75, 3.05) is 13.7 Å². The van der Waals surface area contributed by atoms with Crippen LogP contribution in [0, 0.1) is 11.3 Å². The van der Waals surface area contributed by atoms with Gasteiger partial charge in [-0.25, -0.2) is 0 Å². The van der Waals surface area contributed by atoms with Gasteiger partial charge in [0.1, 0.15) is 5.75 Å². The van der Waals surface area contributed by atoms with Gasteiger partial charge in [-0.3, -0.25) is 0 Å². The Balaban J connectivity index is 2.31. The number of nitriles is 1. The van der Waals surface area contributed by atoms with E-state index in [4.69, 9.17) is 10.00 Å². The minimum absolute atomic E-state index is 0.336. The Kier molecular flexibility index (Phi) is 6.13. The van der Waals surface area contributed by atoms with E-state index >= 15 is 0 Å². The largest absolute Gasteiger partial charge is 0.497 e. The smallest absolute Gasteiger partial charge is 0.118 e. The second-order valence-corrected chi connectivity index (χ2v) is 4.06. The van der Waals surface area contributed by atoms with Crippen molar-refractivity contribution in [2.45, 2.75) is 32.2 Å². The van der Waals surface area contributed by atoms with Gasteiger partial charge >= 0.3 is 0 Å². The molecular formula is C14H20N2O. The highest BCUT2D eigenvalue weighted by Gasteiger charge is 2.03. The molecule has 1 aromatic carbocycles. The van der Waals surface area contributed by atoms with Crippen LogP contribution in [-0.2, 0) is 0 Å². The van der Waals surface area contributed by atoms with E-state index in [-0.39, 0.29) is 0 Å². The molecule has 1 rings (SSSR count). The zero-order valence-corrected chi connectivity index (χ0v) is 10.6. The topological polar surface area (TPSA) is 45.0 Å². The zero-order valence-electron chi connectivity index (χ0n) is 10.6. The number of nitrogens with zero attached hydrogens (tertiary/aromatic N) is 1. The van der Waals surface area contributed by atoms with Crippen molar-refractivity contribution in [1.29, 1.82) is 5.26 Å². The Morgan fingerprint density at radius 1 is 1.29 bits per heavy atom. The lowest BCUT2D eigenvalue weighted by Crippen LogP contribution is -2.19. The van der Waals surface area contributed by atoms with Crippen LogP contribution in [0.15, 0.2) is 24.3 Å². The fraction of sp³-hybridized carbons (Fsp3) is 0.500. The molecule has 0 amide bonds. The van der Waals surface area contributed by atoms with Gasteiger partial charge in [-0.1, -0.05) is 12.1 Å². The normalized spacial score (nSPS) is 11.8. The molecule has 0 bridgehead atoms. The summed E-state index contributed by atoms with van der Waals surface area (Å²) in [4.78, 5) is 0. The summed E-state index contributed by atoms with van der Waals surface area (Å²) >= 11 is 0. The summed E-state index contributed by atoms with van der Waals surface area (Å²) in [6.45, 7) is 3.10. The molecular weight excluding hydrogens is 212 g/mol. The van der Waals surface area contributed by atoms with E-state index in [1.165, 1.54) is 5.56 Å². The molecule has 0 aliphatic carbocycles. The molecule has 1 N–H and O–H groups in total. The molecule has 0 saturated carbocycles. The SMILES string of the molecule is COc1ccc(C(C)NCCCCC#N)cc1. The molecule has 1 unspecified atom stereocenters. The van der Waals surface area contributed by atoms with E-state index in [1.807, 2.05) is 12.1 Å². The average molecular weight is 232 g/mol. The Bertz CT molecular complexity index is 353. The van der Waals surface area contributed by atoms with Gasteiger partial charge in [-0.15, -0.1) is 0 Å². The molecule has 0 aliphatic heterocycles. The van der Waals surface area contributed by atoms with Crippen molar-refractivity contribution in [1.82, 2.24) is 5.32 Å². The van der Waals surface area contributed by atoms with E-state index in [0.29, 0.717) is 12.5 Å². The summed E-state index contributed by atoms with van der Waals surface area (Å²) in [5.41, 5.74) is 1.26. The van der Waals surface area contributed by atoms with Crippen molar-refractivity contribution < 1.29 is 4.74 Å². The lowest BCUT2D eigenvalue weighted by atomic mass is 10.1. The minimum Gasteiger partial charge on any atom is -0.497 e. The van der Waals surface area contributed by atoms with Crippen LogP contribution in [0.3, 0.4) is 0 Å². The van der Waals surface area contributed by atoms with Crippen LogP contribution in [0.2, 0.25) is 0 Å². The van der Waals surface area contributed by atoms with Gasteiger partial charge < -0.3 is 10.1 Å². The van der Waals surface area contributed by atoms with Gasteiger partial charge in [0.2, 0.25) is 0 Å². The first-order valence-corrected chi connectivity index (χ1v) is 6.02. The maximum absolute atomic E-state index is 8.42. The summed E-state index contributed by atoms with van der Waals surface area (Å²) < 4.78 is 5.12. The third-order valence-electron chi connectivity index (χ3n) is 2.78. The molecule has 0 fully saturated rings. The summed E-state index contributed by atoms with van der Waals surface area (Å²) in [6.07, 6.45) is 2.67. The zero-order chi connectivity index (χ0) is 12.5. The van der Waals surface area contributed by atoms with Crippen molar-refractivity contribution in [3.63, 3.8) is 0 Å². The van der Waals surface area contributed by atoms with Crippen molar-refractivity contribution in [3.8, 4) is 11.8 Å². The van der Waals surface area contributed by atoms with Crippen molar-refractivity contribution in [2.24, 2.45) is 0 Å². The molecule has 0 aliphatic rings. The van der Waals surface area contributed by atoms with Crippen molar-refractivity contribution in [3.05, 3.63) is 29.8 Å². The molecule has 1 atom stereocenters. The maximum Gasteiger partial charge on any atom is 0.118 e. The predicted octanol–water partition coefficient (Wildman–Crippen LogP) is 3.04. The second-order valence-electron chi connectivity index (χ2n) is 4.06. The highest BCUT2D eigenvalue weighted by atomic mass is 16.5. The van der Waals surface area contributed by atoms with Crippen LogP contribution in [0.5, 0.6) is 5.75 Å². The highest BCUT2D eigenvalue weighted by molar-refractivity contribution is 5.28. The number of hydrogen-bond donors (Lipinski definition) is 1. The second kappa shape index (κ2) is 7.70. The lowest BCUT2D eigenvalue weighted by Gasteiger charge is -2.14. The molecule has 1 aromatic rings. The number of ether oxygens (including phenoxy) is 1. The van der Waals surface area contributed by atoms with Crippen molar-refractivity contribution >= 4 is 0 Å². The number of benzene rings is 1. The van der Waals surface area contributed by atoms with Crippen LogP contribution < -0.4 is 10.1 Å². The van der Waals surface area contributed by atoms with E-state index in [9.17, 15) is 0 Å². The number of hydrogen-bond acceptors (Lipinski definition) is 3. The lowest BCUT2D eigenvalue weighted by molar-refractivity contribution is 0.414. The molecule has 3 heteroatoms. The Labute approximate surface area is 103 Å². The summed E-state index contributed by atoms with van der Waals surface area (Å²) in [5.74, 6) is 0.884. The summed E-state index contributed by atoms with van der Waals surface area (Å²) in [5, 5.41) is 11.9. The van der Waals surface area contributed by atoms with Crippen LogP contribution in [0.4, 0.5) is 0 Å². The molecule has 17 heavy (non-hydrogen) atoms. The molecule has 92 valence electrons. The maximum atomic E-state index is 8.42. The van der Waals surface area contributed by atoms with Gasteiger partial charge in [0.25, 0.3) is 0 Å². The predicted molar refractivity (Wildman–Crippen MR) is 68.9 cm³/mol. The highest BCUT2D eigenvalue weighted by Crippen LogP contribution is 2.17. The third-order valence-corrected chi connectivity index (χ3v) is 2.78. The minimum atomic E-state index is 0.336. The number of rotatable bonds is 7. The fourth-order valence-corrected chi connectivity index (χ4v) is 1.66. The average Bonchev–Trinajstić information content (AvgIpc) is 2.38. The first-order chi connectivity index (χ1) is 8.27. The van der Waals surface area contributed by atoms with Gasteiger partial charge in [-0.2, -0.15) is 5.26 Å². The molecule has 0 saturated heterocycles. The van der Waals surface area contributed by atoms with Gasteiger partial charge in [0.15, 0.2) is 0 Å². The quantitative estimate of drug-likeness (QED) is 0.735. The Morgan fingerprint density at radius 2 is 2.00 bits per heavy atom. The summed E-state index contributed by atoms with van der Waals surface area (Å²) in [6, 6.07) is 10.6. The van der Waals surface area contributed by atoms with Crippen LogP contribution in [-0.4, -0.2) is 13.7 Å². The summed E-state index contributed by atoms with van der Waals surface area (Å²) in [7, 11) is 1.67. The Morgan fingerprint density at radius 3 is 2.59 bits per heavy atom. The van der Waals surface area contributed by atoms with Gasteiger partial charge in [0, 0.05) is 12.5 Å².